The Hall–Kier alpha value is -4.06. The smallest absolute Gasteiger partial charge is 0.143 e. The molecule has 0 aliphatic rings. The molecule has 0 bridgehead atoms. The van der Waals surface area contributed by atoms with Crippen molar-refractivity contribution in [1.82, 2.24) is 25.2 Å². The summed E-state index contributed by atoms with van der Waals surface area (Å²) in [6.07, 6.45) is 2.47. The Morgan fingerprint density at radius 1 is 0.903 bits per heavy atom. The van der Waals surface area contributed by atoms with E-state index in [1.165, 1.54) is 0 Å². The van der Waals surface area contributed by atoms with E-state index >= 15 is 0 Å². The minimum atomic E-state index is 0.432. The average molecular weight is 407 g/mol. The number of tetrazole rings is 1. The monoisotopic (exact) mass is 407 g/mol. The highest BCUT2D eigenvalue weighted by Gasteiger charge is 2.11. The Bertz CT molecular complexity index is 1320. The van der Waals surface area contributed by atoms with E-state index in [1.54, 1.807) is 11.0 Å². The van der Waals surface area contributed by atoms with Crippen LogP contribution in [0.15, 0.2) is 85.2 Å². The maximum atomic E-state index is 6.26. The first kappa shape index (κ1) is 18.9. The van der Waals surface area contributed by atoms with Crippen LogP contribution in [0.5, 0.6) is 5.75 Å². The predicted molar refractivity (Wildman–Crippen MR) is 120 cm³/mol. The fourth-order valence-corrected chi connectivity index (χ4v) is 3.65. The highest BCUT2D eigenvalue weighted by atomic mass is 16.5. The summed E-state index contributed by atoms with van der Waals surface area (Å²) in [4.78, 5) is 4.70. The van der Waals surface area contributed by atoms with E-state index in [0.29, 0.717) is 6.61 Å². The van der Waals surface area contributed by atoms with Crippen molar-refractivity contribution in [3.05, 3.63) is 96.4 Å². The molecule has 0 radical (unpaired) electrons. The lowest BCUT2D eigenvalue weighted by atomic mass is 10.0. The molecule has 5 rings (SSSR count). The maximum Gasteiger partial charge on any atom is 0.143 e. The van der Waals surface area contributed by atoms with Crippen LogP contribution >= 0.6 is 0 Å². The molecule has 0 fully saturated rings. The summed E-state index contributed by atoms with van der Waals surface area (Å²) in [6.45, 7) is 2.53. The van der Waals surface area contributed by atoms with E-state index in [0.717, 1.165) is 51.1 Å². The van der Waals surface area contributed by atoms with Crippen LogP contribution in [0.25, 0.3) is 27.7 Å². The lowest BCUT2D eigenvalue weighted by Gasteiger charge is -2.14. The minimum Gasteiger partial charge on any atom is -0.488 e. The maximum absolute atomic E-state index is 6.26. The van der Waals surface area contributed by atoms with Gasteiger partial charge in [0.25, 0.3) is 0 Å². The first-order valence-electron chi connectivity index (χ1n) is 10.2. The van der Waals surface area contributed by atoms with Crippen LogP contribution in [0, 0.1) is 0 Å². The molecule has 0 saturated carbocycles. The third-order valence-corrected chi connectivity index (χ3v) is 5.23. The number of rotatable bonds is 6. The number of hydrogen-bond acceptors (Lipinski definition) is 5. The van der Waals surface area contributed by atoms with Gasteiger partial charge in [-0.3, -0.25) is 4.98 Å². The second-order valence-corrected chi connectivity index (χ2v) is 7.24. The van der Waals surface area contributed by atoms with Gasteiger partial charge in [-0.1, -0.05) is 61.5 Å². The van der Waals surface area contributed by atoms with Crippen LogP contribution in [0.1, 0.15) is 18.2 Å². The van der Waals surface area contributed by atoms with E-state index in [9.17, 15) is 0 Å². The highest BCUT2D eigenvalue weighted by molar-refractivity contribution is 5.85. The van der Waals surface area contributed by atoms with Crippen LogP contribution in [0.2, 0.25) is 0 Å². The van der Waals surface area contributed by atoms with E-state index in [2.05, 4.69) is 52.8 Å². The van der Waals surface area contributed by atoms with Gasteiger partial charge >= 0.3 is 0 Å². The summed E-state index contributed by atoms with van der Waals surface area (Å²) < 4.78 is 7.95. The first-order valence-corrected chi connectivity index (χ1v) is 10.2. The first-order chi connectivity index (χ1) is 15.3. The molecule has 0 aliphatic heterocycles. The molecule has 6 nitrogen and oxygen atoms in total. The van der Waals surface area contributed by atoms with Gasteiger partial charge in [-0.25, -0.2) is 0 Å². The Morgan fingerprint density at radius 3 is 2.55 bits per heavy atom. The summed E-state index contributed by atoms with van der Waals surface area (Å²) in [7, 11) is 0. The third kappa shape index (κ3) is 3.88. The molecular weight excluding hydrogens is 386 g/mol. The molecule has 0 atom stereocenters. The van der Waals surface area contributed by atoms with Crippen molar-refractivity contribution in [3.63, 3.8) is 0 Å². The summed E-state index contributed by atoms with van der Waals surface area (Å²) in [5, 5.41) is 12.7. The van der Waals surface area contributed by atoms with Gasteiger partial charge in [0.05, 0.1) is 11.2 Å². The van der Waals surface area contributed by atoms with Crippen molar-refractivity contribution < 1.29 is 4.74 Å². The molecule has 0 unspecified atom stereocenters. The second kappa shape index (κ2) is 8.36. The summed E-state index contributed by atoms with van der Waals surface area (Å²) in [5.41, 5.74) is 6.07. The van der Waals surface area contributed by atoms with Crippen molar-refractivity contribution in [3.8, 4) is 22.6 Å². The predicted octanol–water partition coefficient (Wildman–Crippen LogP) is 5.02. The van der Waals surface area contributed by atoms with Gasteiger partial charge in [-0.05, 0) is 46.2 Å². The minimum absolute atomic E-state index is 0.432. The molecule has 2 aromatic heterocycles. The van der Waals surface area contributed by atoms with Crippen molar-refractivity contribution >= 4 is 10.9 Å². The molecule has 152 valence electrons. The van der Waals surface area contributed by atoms with Crippen molar-refractivity contribution in [2.75, 3.05) is 0 Å². The summed E-state index contributed by atoms with van der Waals surface area (Å²) in [5.74, 6) is 0.846. The van der Waals surface area contributed by atoms with Crippen LogP contribution in [-0.2, 0) is 13.0 Å². The molecular formula is C25H21N5O. The quantitative estimate of drug-likeness (QED) is 0.395. The number of para-hydroxylation sites is 1. The zero-order valence-electron chi connectivity index (χ0n) is 17.1. The second-order valence-electron chi connectivity index (χ2n) is 7.24. The number of aromatic nitrogens is 5. The lowest BCUT2D eigenvalue weighted by molar-refractivity contribution is 0.309. The summed E-state index contributed by atoms with van der Waals surface area (Å²) >= 11 is 0. The van der Waals surface area contributed by atoms with E-state index in [-0.39, 0.29) is 0 Å². The van der Waals surface area contributed by atoms with Gasteiger partial charge in [0.1, 0.15) is 18.7 Å². The standard InChI is InChI=1S/C25H21N5O/c1-2-20-15-25(22-10-6-7-11-23(22)27-20)31-16-18-12-13-21(19-8-4-3-5-9-19)24(14-18)30-17-26-28-29-30/h3-15,17H,2,16H2,1H3. The largest absolute Gasteiger partial charge is 0.488 e. The fourth-order valence-electron chi connectivity index (χ4n) is 3.65. The normalized spacial score (nSPS) is 11.0. The van der Waals surface area contributed by atoms with Crippen LogP contribution < -0.4 is 4.74 Å². The fraction of sp³-hybridized carbons (Fsp3) is 0.120. The topological polar surface area (TPSA) is 65.7 Å². The number of pyridine rings is 1. The van der Waals surface area contributed by atoms with Gasteiger partial charge < -0.3 is 4.74 Å². The van der Waals surface area contributed by atoms with Crippen molar-refractivity contribution in [2.45, 2.75) is 20.0 Å². The van der Waals surface area contributed by atoms with E-state index < -0.39 is 0 Å². The van der Waals surface area contributed by atoms with Gasteiger partial charge in [0, 0.05) is 22.7 Å². The highest BCUT2D eigenvalue weighted by Crippen LogP contribution is 2.29. The van der Waals surface area contributed by atoms with Gasteiger partial charge in [0.2, 0.25) is 0 Å². The molecule has 0 N–H and O–H groups in total. The molecule has 3 aromatic carbocycles. The average Bonchev–Trinajstić information content (AvgIpc) is 3.37. The third-order valence-electron chi connectivity index (χ3n) is 5.23. The molecule has 0 amide bonds. The molecule has 0 spiro atoms. The SMILES string of the molecule is CCc1cc(OCc2ccc(-c3ccccc3)c(-n3cnnn3)c2)c2ccccc2n1. The molecule has 2 heterocycles. The van der Waals surface area contributed by atoms with E-state index in [4.69, 9.17) is 9.72 Å². The van der Waals surface area contributed by atoms with Crippen molar-refractivity contribution in [2.24, 2.45) is 0 Å². The Morgan fingerprint density at radius 2 is 1.74 bits per heavy atom. The summed E-state index contributed by atoms with van der Waals surface area (Å²) in [6, 6.07) is 26.6. The number of nitrogens with zero attached hydrogens (tertiary/aromatic N) is 5. The molecule has 0 saturated heterocycles. The Labute approximate surface area is 180 Å². The Kier molecular flexibility index (Phi) is 5.10. The molecule has 5 aromatic rings. The molecule has 6 heteroatoms. The number of benzene rings is 3. The van der Waals surface area contributed by atoms with Crippen molar-refractivity contribution in [1.29, 1.82) is 0 Å². The van der Waals surface area contributed by atoms with Crippen LogP contribution in [-0.4, -0.2) is 25.2 Å². The number of fused-ring (bicyclic) bond motifs is 1. The zero-order valence-corrected chi connectivity index (χ0v) is 17.1. The zero-order chi connectivity index (χ0) is 21.0. The van der Waals surface area contributed by atoms with E-state index in [1.807, 2.05) is 48.5 Å². The van der Waals surface area contributed by atoms with Crippen LogP contribution in [0.4, 0.5) is 0 Å². The number of aryl methyl sites for hydroxylation is 1. The van der Waals surface area contributed by atoms with Gasteiger partial charge in [0.15, 0.2) is 0 Å². The van der Waals surface area contributed by atoms with Crippen LogP contribution in [0.3, 0.4) is 0 Å². The molecule has 0 aliphatic carbocycles. The Balaban J connectivity index is 1.50. The lowest BCUT2D eigenvalue weighted by Crippen LogP contribution is -2.03. The molecule has 31 heavy (non-hydrogen) atoms. The number of ether oxygens (including phenoxy) is 1. The van der Waals surface area contributed by atoms with Gasteiger partial charge in [-0.2, -0.15) is 4.68 Å². The van der Waals surface area contributed by atoms with Gasteiger partial charge in [-0.15, -0.1) is 5.10 Å². The number of hydrogen-bond donors (Lipinski definition) is 0.